The molecule has 0 unspecified atom stereocenters. The van der Waals surface area contributed by atoms with Gasteiger partial charge in [0, 0.05) is 17.0 Å². The highest BCUT2D eigenvalue weighted by Crippen LogP contribution is 2.44. The highest BCUT2D eigenvalue weighted by atomic mass is 35.5. The fourth-order valence-corrected chi connectivity index (χ4v) is 0.643. The largest absolute Gasteiger partial charge is 0.453 e. The van der Waals surface area contributed by atoms with Gasteiger partial charge in [0.05, 0.1) is 6.61 Å². The Morgan fingerprint density at radius 3 is 2.67 bits per heavy atom. The van der Waals surface area contributed by atoms with E-state index >= 15 is 0 Å². The predicted octanol–water partition coefficient (Wildman–Crippen LogP) is 2.16. The minimum absolute atomic E-state index is 0.255. The molecule has 0 spiro atoms. The Labute approximate surface area is 59.1 Å². The molecule has 0 aromatic rings. The van der Waals surface area contributed by atoms with Crippen LogP contribution in [0.5, 0.6) is 0 Å². The van der Waals surface area contributed by atoms with E-state index in [1.165, 1.54) is 0 Å². The second-order valence-corrected chi connectivity index (χ2v) is 3.15. The van der Waals surface area contributed by atoms with Gasteiger partial charge in [0.25, 0.3) is 0 Å². The Morgan fingerprint density at radius 2 is 2.33 bits per heavy atom. The van der Waals surface area contributed by atoms with Crippen molar-refractivity contribution < 1.29 is 9.53 Å². The summed E-state index contributed by atoms with van der Waals surface area (Å²) in [5, 5.41) is 0. The van der Waals surface area contributed by atoms with E-state index in [9.17, 15) is 4.79 Å². The van der Waals surface area contributed by atoms with Crippen molar-refractivity contribution in [2.45, 2.75) is 19.8 Å². The van der Waals surface area contributed by atoms with Crippen molar-refractivity contribution in [1.82, 2.24) is 0 Å². The van der Waals surface area contributed by atoms with Crippen LogP contribution in [-0.4, -0.2) is 12.0 Å². The van der Waals surface area contributed by atoms with Crippen molar-refractivity contribution in [3.63, 3.8) is 0 Å². The van der Waals surface area contributed by atoms with Gasteiger partial charge in [0.2, 0.25) is 0 Å². The van der Waals surface area contributed by atoms with Crippen LogP contribution in [-0.2, 0) is 4.74 Å². The van der Waals surface area contributed by atoms with E-state index in [0.29, 0.717) is 6.61 Å². The fraction of sp³-hybridized carbons (Fsp3) is 0.833. The van der Waals surface area contributed by atoms with Crippen LogP contribution in [0.2, 0.25) is 0 Å². The minimum atomic E-state index is -0.692. The van der Waals surface area contributed by atoms with Crippen molar-refractivity contribution in [3.8, 4) is 0 Å². The second-order valence-electron chi connectivity index (χ2n) is 2.84. The Morgan fingerprint density at radius 1 is 1.78 bits per heavy atom. The number of rotatable bonds is 2. The second kappa shape index (κ2) is 2.18. The van der Waals surface area contributed by atoms with Gasteiger partial charge in [-0.3, -0.25) is 0 Å². The highest BCUT2D eigenvalue weighted by Gasteiger charge is 2.38. The van der Waals surface area contributed by atoms with E-state index in [1.54, 1.807) is 0 Å². The molecule has 0 radical (unpaired) electrons. The predicted molar refractivity (Wildman–Crippen MR) is 34.5 cm³/mol. The summed E-state index contributed by atoms with van der Waals surface area (Å²) in [6.07, 6.45) is 2.30. The van der Waals surface area contributed by atoms with E-state index in [2.05, 4.69) is 11.7 Å². The average Bonchev–Trinajstić information content (AvgIpc) is 2.45. The zero-order valence-corrected chi connectivity index (χ0v) is 6.07. The number of ether oxygens (including phenoxy) is 1. The molecule has 0 amide bonds. The van der Waals surface area contributed by atoms with Gasteiger partial charge in [0.15, 0.2) is 0 Å². The van der Waals surface area contributed by atoms with Gasteiger partial charge in [-0.05, 0) is 12.8 Å². The summed E-state index contributed by atoms with van der Waals surface area (Å²) in [6.45, 7) is 2.56. The van der Waals surface area contributed by atoms with Crippen LogP contribution >= 0.6 is 11.6 Å². The van der Waals surface area contributed by atoms with Crippen LogP contribution in [0.15, 0.2) is 0 Å². The summed E-state index contributed by atoms with van der Waals surface area (Å²) in [5.74, 6) is 0. The van der Waals surface area contributed by atoms with E-state index in [-0.39, 0.29) is 5.41 Å². The first-order valence-electron chi connectivity index (χ1n) is 2.95. The molecular weight excluding hydrogens is 140 g/mol. The Kier molecular flexibility index (Phi) is 1.66. The topological polar surface area (TPSA) is 26.3 Å². The standard InChI is InChI=1S/C6H9ClO2/c1-6(2-3-6)4-9-5(7)8/h2-4H2,1H3. The SMILES string of the molecule is CC1(COC(=O)Cl)CC1. The van der Waals surface area contributed by atoms with Crippen molar-refractivity contribution in [2.24, 2.45) is 5.41 Å². The van der Waals surface area contributed by atoms with E-state index < -0.39 is 5.43 Å². The zero-order valence-electron chi connectivity index (χ0n) is 5.32. The third-order valence-electron chi connectivity index (χ3n) is 1.64. The van der Waals surface area contributed by atoms with Gasteiger partial charge in [-0.1, -0.05) is 6.92 Å². The maximum Gasteiger partial charge on any atom is 0.403 e. The van der Waals surface area contributed by atoms with Gasteiger partial charge in [-0.25, -0.2) is 4.79 Å². The lowest BCUT2D eigenvalue weighted by atomic mass is 10.2. The van der Waals surface area contributed by atoms with Crippen LogP contribution in [0.25, 0.3) is 0 Å². The van der Waals surface area contributed by atoms with Gasteiger partial charge >= 0.3 is 5.43 Å². The van der Waals surface area contributed by atoms with Crippen molar-refractivity contribution in [1.29, 1.82) is 0 Å². The fourth-order valence-electron chi connectivity index (χ4n) is 0.589. The molecule has 52 valence electrons. The van der Waals surface area contributed by atoms with Crippen LogP contribution < -0.4 is 0 Å². The Balaban J connectivity index is 2.12. The summed E-state index contributed by atoms with van der Waals surface area (Å²) in [5.41, 5.74) is -0.437. The zero-order chi connectivity index (χ0) is 6.91. The van der Waals surface area contributed by atoms with E-state index in [4.69, 9.17) is 11.6 Å². The third kappa shape index (κ3) is 2.22. The molecule has 1 aliphatic rings. The van der Waals surface area contributed by atoms with E-state index in [1.807, 2.05) is 0 Å². The highest BCUT2D eigenvalue weighted by molar-refractivity contribution is 6.61. The molecule has 1 saturated carbocycles. The lowest BCUT2D eigenvalue weighted by Gasteiger charge is -2.04. The lowest BCUT2D eigenvalue weighted by molar-refractivity contribution is 0.150. The molecule has 9 heavy (non-hydrogen) atoms. The summed E-state index contributed by atoms with van der Waals surface area (Å²) < 4.78 is 4.60. The van der Waals surface area contributed by atoms with Crippen LogP contribution in [0, 0.1) is 5.41 Å². The molecule has 1 rings (SSSR count). The summed E-state index contributed by atoms with van der Waals surface area (Å²) in [6, 6.07) is 0. The van der Waals surface area contributed by atoms with Gasteiger partial charge < -0.3 is 4.74 Å². The Hall–Kier alpha value is -0.240. The number of hydrogen-bond acceptors (Lipinski definition) is 2. The summed E-state index contributed by atoms with van der Waals surface area (Å²) >= 11 is 4.95. The summed E-state index contributed by atoms with van der Waals surface area (Å²) in [7, 11) is 0. The van der Waals surface area contributed by atoms with Crippen molar-refractivity contribution in [2.75, 3.05) is 6.61 Å². The molecule has 0 heterocycles. The van der Waals surface area contributed by atoms with Crippen molar-refractivity contribution in [3.05, 3.63) is 0 Å². The first-order chi connectivity index (χ1) is 4.12. The molecule has 0 saturated heterocycles. The maximum atomic E-state index is 10.1. The monoisotopic (exact) mass is 148 g/mol. The maximum absolute atomic E-state index is 10.1. The molecule has 1 fully saturated rings. The molecule has 0 aromatic carbocycles. The van der Waals surface area contributed by atoms with E-state index in [0.717, 1.165) is 12.8 Å². The molecule has 0 aliphatic heterocycles. The lowest BCUT2D eigenvalue weighted by Crippen LogP contribution is -2.06. The molecule has 0 N–H and O–H groups in total. The molecular formula is C6H9ClO2. The number of carbonyl (C=O) groups is 1. The third-order valence-corrected chi connectivity index (χ3v) is 1.75. The smallest absolute Gasteiger partial charge is 0.403 e. The van der Waals surface area contributed by atoms with Gasteiger partial charge in [-0.2, -0.15) is 0 Å². The normalized spacial score (nSPS) is 21.1. The van der Waals surface area contributed by atoms with Crippen molar-refractivity contribution >= 4 is 17.0 Å². The number of halogens is 1. The van der Waals surface area contributed by atoms with Crippen LogP contribution in [0.1, 0.15) is 19.8 Å². The number of carbonyl (C=O) groups excluding carboxylic acids is 1. The molecule has 1 aliphatic carbocycles. The summed E-state index contributed by atoms with van der Waals surface area (Å²) in [4.78, 5) is 10.1. The number of hydrogen-bond donors (Lipinski definition) is 0. The molecule has 0 atom stereocenters. The van der Waals surface area contributed by atoms with Crippen LogP contribution in [0.3, 0.4) is 0 Å². The molecule has 0 bridgehead atoms. The first kappa shape index (κ1) is 6.87. The molecule has 3 heteroatoms. The van der Waals surface area contributed by atoms with Gasteiger partial charge in [0.1, 0.15) is 0 Å². The van der Waals surface area contributed by atoms with Crippen LogP contribution in [0.4, 0.5) is 4.79 Å². The molecule has 0 aromatic heterocycles. The Bertz CT molecular complexity index is 129. The minimum Gasteiger partial charge on any atom is -0.453 e. The molecule has 2 nitrogen and oxygen atoms in total. The first-order valence-corrected chi connectivity index (χ1v) is 3.32. The average molecular weight is 149 g/mol. The van der Waals surface area contributed by atoms with Gasteiger partial charge in [-0.15, -0.1) is 0 Å². The quantitative estimate of drug-likeness (QED) is 0.561.